The molecule has 0 fully saturated rings. The zero-order valence-electron chi connectivity index (χ0n) is 13.7. The van der Waals surface area contributed by atoms with Gasteiger partial charge in [-0.25, -0.2) is 0 Å². The highest BCUT2D eigenvalue weighted by Gasteiger charge is 2.35. The molecule has 1 amide bonds. The predicted molar refractivity (Wildman–Crippen MR) is 113 cm³/mol. The Morgan fingerprint density at radius 1 is 1.19 bits per heavy atom. The van der Waals surface area contributed by atoms with E-state index in [4.69, 9.17) is 51.4 Å². The first-order valence-corrected chi connectivity index (χ1v) is 9.67. The van der Waals surface area contributed by atoms with Gasteiger partial charge in [-0.15, -0.1) is 0 Å². The number of furan rings is 1. The Hall–Kier alpha value is -0.990. The standard InChI is InChI=1S/C16H15BrCl3N3O2S/c1-8-3-4-10(9(2)7-8)21-15(26)23-14(16(18,19)20)22-13(24)11-5-6-12(17)25-11/h3-7,14H,1-2H3,(H,22,24)(H2,21,23,26). The highest BCUT2D eigenvalue weighted by atomic mass is 79.9. The van der Waals surface area contributed by atoms with E-state index in [2.05, 4.69) is 31.9 Å². The van der Waals surface area contributed by atoms with Crippen molar-refractivity contribution in [3.63, 3.8) is 0 Å². The molecule has 3 N–H and O–H groups in total. The Morgan fingerprint density at radius 3 is 2.42 bits per heavy atom. The van der Waals surface area contributed by atoms with Crippen LogP contribution in [-0.4, -0.2) is 21.0 Å². The van der Waals surface area contributed by atoms with E-state index in [9.17, 15) is 4.79 Å². The number of benzene rings is 1. The first kappa shape index (κ1) is 21.3. The third-order valence-electron chi connectivity index (χ3n) is 3.31. The molecule has 10 heteroatoms. The van der Waals surface area contributed by atoms with Crippen molar-refractivity contribution in [1.82, 2.24) is 10.6 Å². The van der Waals surface area contributed by atoms with Crippen molar-refractivity contribution < 1.29 is 9.21 Å². The van der Waals surface area contributed by atoms with Crippen LogP contribution in [0.5, 0.6) is 0 Å². The van der Waals surface area contributed by atoms with Gasteiger partial charge in [0.05, 0.1) is 0 Å². The molecule has 26 heavy (non-hydrogen) atoms. The largest absolute Gasteiger partial charge is 0.444 e. The van der Waals surface area contributed by atoms with Gasteiger partial charge in [0.2, 0.25) is 3.79 Å². The molecule has 0 bridgehead atoms. The van der Waals surface area contributed by atoms with E-state index in [0.29, 0.717) is 4.67 Å². The number of carbonyl (C=O) groups excluding carboxylic acids is 1. The maximum absolute atomic E-state index is 12.2. The molecule has 140 valence electrons. The molecular formula is C16H15BrCl3N3O2S. The van der Waals surface area contributed by atoms with Crippen LogP contribution in [0.3, 0.4) is 0 Å². The second-order valence-electron chi connectivity index (χ2n) is 5.47. The van der Waals surface area contributed by atoms with E-state index in [1.165, 1.54) is 6.07 Å². The summed E-state index contributed by atoms with van der Waals surface area (Å²) in [7, 11) is 0. The SMILES string of the molecule is Cc1ccc(NC(=S)NC(NC(=O)c2ccc(Br)o2)C(Cl)(Cl)Cl)c(C)c1. The molecule has 1 atom stereocenters. The van der Waals surface area contributed by atoms with Crippen molar-refractivity contribution in [2.75, 3.05) is 5.32 Å². The molecule has 5 nitrogen and oxygen atoms in total. The number of hydrogen-bond donors (Lipinski definition) is 3. The van der Waals surface area contributed by atoms with E-state index in [-0.39, 0.29) is 10.9 Å². The number of nitrogens with one attached hydrogen (secondary N) is 3. The second-order valence-corrected chi connectivity index (χ2v) is 9.03. The van der Waals surface area contributed by atoms with Gasteiger partial charge in [0, 0.05) is 5.69 Å². The van der Waals surface area contributed by atoms with E-state index < -0.39 is 15.9 Å². The van der Waals surface area contributed by atoms with Crippen LogP contribution in [0, 0.1) is 13.8 Å². The Bertz CT molecular complexity index is 823. The third kappa shape index (κ3) is 6.03. The lowest BCUT2D eigenvalue weighted by Gasteiger charge is -2.27. The molecule has 1 heterocycles. The van der Waals surface area contributed by atoms with Gasteiger partial charge in [-0.2, -0.15) is 0 Å². The molecule has 2 aromatic rings. The molecule has 0 saturated carbocycles. The number of carbonyl (C=O) groups is 1. The average Bonchev–Trinajstić information content (AvgIpc) is 2.95. The summed E-state index contributed by atoms with van der Waals surface area (Å²) in [6, 6.07) is 8.91. The van der Waals surface area contributed by atoms with Crippen LogP contribution in [0.2, 0.25) is 0 Å². The lowest BCUT2D eigenvalue weighted by atomic mass is 10.1. The zero-order chi connectivity index (χ0) is 19.5. The first-order chi connectivity index (χ1) is 12.1. The molecule has 2 rings (SSSR count). The monoisotopic (exact) mass is 497 g/mol. The van der Waals surface area contributed by atoms with Gasteiger partial charge in [0.1, 0.15) is 6.17 Å². The summed E-state index contributed by atoms with van der Waals surface area (Å²) in [4.78, 5) is 12.2. The number of alkyl halides is 3. The molecule has 1 aromatic carbocycles. The quantitative estimate of drug-likeness (QED) is 0.311. The Morgan fingerprint density at radius 2 is 1.88 bits per heavy atom. The number of halogens is 4. The Kier molecular flexibility index (Phi) is 7.21. The summed E-state index contributed by atoms with van der Waals surface area (Å²) in [6.45, 7) is 3.94. The molecule has 0 spiro atoms. The summed E-state index contributed by atoms with van der Waals surface area (Å²) in [5.74, 6) is -0.500. The van der Waals surface area contributed by atoms with Crippen molar-refractivity contribution in [2.45, 2.75) is 23.8 Å². The fraction of sp³-hybridized carbons (Fsp3) is 0.250. The smallest absolute Gasteiger partial charge is 0.288 e. The topological polar surface area (TPSA) is 66.3 Å². The predicted octanol–water partition coefficient (Wildman–Crippen LogP) is 5.07. The van der Waals surface area contributed by atoms with Crippen molar-refractivity contribution >= 4 is 79.7 Å². The molecule has 0 radical (unpaired) electrons. The van der Waals surface area contributed by atoms with Gasteiger partial charge in [-0.3, -0.25) is 4.79 Å². The minimum atomic E-state index is -1.85. The normalized spacial score (nSPS) is 12.4. The number of rotatable bonds is 4. The van der Waals surface area contributed by atoms with Gasteiger partial charge in [0.15, 0.2) is 15.5 Å². The van der Waals surface area contributed by atoms with Crippen LogP contribution in [-0.2, 0) is 0 Å². The number of hydrogen-bond acceptors (Lipinski definition) is 3. The number of aryl methyl sites for hydroxylation is 2. The van der Waals surface area contributed by atoms with Crippen molar-refractivity contribution in [3.05, 3.63) is 51.9 Å². The first-order valence-electron chi connectivity index (χ1n) is 7.34. The molecule has 0 aliphatic carbocycles. The lowest BCUT2D eigenvalue weighted by molar-refractivity contribution is 0.0905. The van der Waals surface area contributed by atoms with E-state index in [1.54, 1.807) is 6.07 Å². The number of thiocarbonyl (C=S) groups is 1. The third-order valence-corrected chi connectivity index (χ3v) is 4.61. The van der Waals surface area contributed by atoms with Gasteiger partial charge in [-0.1, -0.05) is 52.5 Å². The molecular weight excluding hydrogens is 485 g/mol. The summed E-state index contributed by atoms with van der Waals surface area (Å²) in [5, 5.41) is 8.54. The molecule has 0 saturated heterocycles. The van der Waals surface area contributed by atoms with Crippen LogP contribution < -0.4 is 16.0 Å². The van der Waals surface area contributed by atoms with Crippen molar-refractivity contribution in [2.24, 2.45) is 0 Å². The fourth-order valence-corrected chi connectivity index (χ4v) is 2.94. The molecule has 1 unspecified atom stereocenters. The second kappa shape index (κ2) is 8.80. The maximum atomic E-state index is 12.2. The van der Waals surface area contributed by atoms with E-state index >= 15 is 0 Å². The van der Waals surface area contributed by atoms with Crippen molar-refractivity contribution in [3.8, 4) is 0 Å². The van der Waals surface area contributed by atoms with Crippen LogP contribution >= 0.6 is 63.0 Å². The highest BCUT2D eigenvalue weighted by molar-refractivity contribution is 9.10. The van der Waals surface area contributed by atoms with Crippen molar-refractivity contribution in [1.29, 1.82) is 0 Å². The summed E-state index contributed by atoms with van der Waals surface area (Å²) >= 11 is 26.3. The van der Waals surface area contributed by atoms with E-state index in [1.807, 2.05) is 32.0 Å². The minimum absolute atomic E-state index is 0.0613. The van der Waals surface area contributed by atoms with Crippen LogP contribution in [0.4, 0.5) is 5.69 Å². The summed E-state index contributed by atoms with van der Waals surface area (Å²) in [6.07, 6.45) is -1.09. The minimum Gasteiger partial charge on any atom is -0.444 e. The molecule has 0 aliphatic heterocycles. The Labute approximate surface area is 179 Å². The highest BCUT2D eigenvalue weighted by Crippen LogP contribution is 2.29. The Balaban J connectivity index is 2.07. The molecule has 1 aromatic heterocycles. The lowest BCUT2D eigenvalue weighted by Crippen LogP contribution is -2.56. The number of amides is 1. The van der Waals surface area contributed by atoms with Gasteiger partial charge >= 0.3 is 0 Å². The maximum Gasteiger partial charge on any atom is 0.288 e. The molecule has 0 aliphatic rings. The van der Waals surface area contributed by atoms with Crippen LogP contribution in [0.15, 0.2) is 39.4 Å². The van der Waals surface area contributed by atoms with Crippen LogP contribution in [0.1, 0.15) is 21.7 Å². The van der Waals surface area contributed by atoms with Crippen LogP contribution in [0.25, 0.3) is 0 Å². The summed E-state index contributed by atoms with van der Waals surface area (Å²) in [5.41, 5.74) is 2.93. The van der Waals surface area contributed by atoms with E-state index in [0.717, 1.165) is 16.8 Å². The van der Waals surface area contributed by atoms with Gasteiger partial charge in [0.25, 0.3) is 5.91 Å². The number of anilines is 1. The fourth-order valence-electron chi connectivity index (χ4n) is 2.08. The zero-order valence-corrected chi connectivity index (χ0v) is 18.4. The average molecular weight is 500 g/mol. The summed E-state index contributed by atoms with van der Waals surface area (Å²) < 4.78 is 3.74. The van der Waals surface area contributed by atoms with Gasteiger partial charge in [-0.05, 0) is 65.8 Å². The van der Waals surface area contributed by atoms with Gasteiger partial charge < -0.3 is 20.4 Å².